The normalized spacial score (nSPS) is 23.7. The van der Waals surface area contributed by atoms with Crippen LogP contribution in [-0.2, 0) is 9.59 Å². The van der Waals surface area contributed by atoms with Gasteiger partial charge < -0.3 is 19.8 Å². The Balaban J connectivity index is 1.22. The molecule has 174 valence electrons. The molecule has 1 atom stereocenters. The lowest BCUT2D eigenvalue weighted by Crippen LogP contribution is -2.46. The summed E-state index contributed by atoms with van der Waals surface area (Å²) >= 11 is 0. The summed E-state index contributed by atoms with van der Waals surface area (Å²) < 4.78 is 26.3. The number of likely N-dealkylation sites (tertiary alicyclic amines) is 1. The van der Waals surface area contributed by atoms with Gasteiger partial charge in [0.2, 0.25) is 11.8 Å². The highest BCUT2D eigenvalue weighted by molar-refractivity contribution is 5.92. The molecule has 1 spiro atoms. The van der Waals surface area contributed by atoms with E-state index in [4.69, 9.17) is 0 Å². The SMILES string of the molecule is O=C(/C=C/c1ccc(F)c(F)c1)N1CCC(=O)N(CCCN2CCC3(CC3)C(O)C2)CC1. The summed E-state index contributed by atoms with van der Waals surface area (Å²) in [5, 5.41) is 10.3. The molecule has 1 N–H and O–H groups in total. The van der Waals surface area contributed by atoms with E-state index in [9.17, 15) is 23.5 Å². The molecule has 0 radical (unpaired) electrons. The number of hydrogen-bond acceptors (Lipinski definition) is 4. The summed E-state index contributed by atoms with van der Waals surface area (Å²) in [6, 6.07) is 3.47. The van der Waals surface area contributed by atoms with Crippen LogP contribution in [0.5, 0.6) is 0 Å². The molecule has 1 unspecified atom stereocenters. The number of nitrogens with zero attached hydrogens (tertiary/aromatic N) is 3. The van der Waals surface area contributed by atoms with Crippen LogP contribution in [-0.4, -0.2) is 83.5 Å². The molecule has 8 heteroatoms. The van der Waals surface area contributed by atoms with Crippen LogP contribution in [0.1, 0.15) is 37.7 Å². The Hall–Kier alpha value is -2.32. The maximum absolute atomic E-state index is 13.3. The van der Waals surface area contributed by atoms with Crippen LogP contribution >= 0.6 is 0 Å². The minimum absolute atomic E-state index is 0.0421. The number of aliphatic hydroxyl groups is 1. The van der Waals surface area contributed by atoms with Crippen molar-refractivity contribution in [3.8, 4) is 0 Å². The van der Waals surface area contributed by atoms with Gasteiger partial charge in [-0.1, -0.05) is 6.07 Å². The van der Waals surface area contributed by atoms with Gasteiger partial charge in [0.25, 0.3) is 0 Å². The van der Waals surface area contributed by atoms with Crippen molar-refractivity contribution in [2.75, 3.05) is 45.8 Å². The Labute approximate surface area is 187 Å². The smallest absolute Gasteiger partial charge is 0.246 e. The van der Waals surface area contributed by atoms with Gasteiger partial charge in [0.15, 0.2) is 11.6 Å². The summed E-state index contributed by atoms with van der Waals surface area (Å²) in [7, 11) is 0. The van der Waals surface area contributed by atoms with Crippen LogP contribution < -0.4 is 0 Å². The number of benzene rings is 1. The summed E-state index contributed by atoms with van der Waals surface area (Å²) in [4.78, 5) is 30.7. The molecular formula is C24H31F2N3O3. The van der Waals surface area contributed by atoms with E-state index >= 15 is 0 Å². The summed E-state index contributed by atoms with van der Waals surface area (Å²) in [5.41, 5.74) is 0.604. The number of rotatable bonds is 6. The van der Waals surface area contributed by atoms with Gasteiger partial charge in [-0.15, -0.1) is 0 Å². The van der Waals surface area contributed by atoms with Gasteiger partial charge in [-0.25, -0.2) is 8.78 Å². The first kappa shape index (κ1) is 22.9. The summed E-state index contributed by atoms with van der Waals surface area (Å²) in [6.45, 7) is 4.50. The number of piperidine rings is 1. The molecule has 0 aromatic heterocycles. The maximum atomic E-state index is 13.3. The molecule has 3 aliphatic rings. The fourth-order valence-corrected chi connectivity index (χ4v) is 4.72. The number of amides is 2. The lowest BCUT2D eigenvalue weighted by molar-refractivity contribution is -0.130. The second kappa shape index (κ2) is 9.67. The number of carbonyl (C=O) groups is 2. The number of halogens is 2. The van der Waals surface area contributed by atoms with Crippen LogP contribution in [0.3, 0.4) is 0 Å². The highest BCUT2D eigenvalue weighted by Crippen LogP contribution is 2.53. The largest absolute Gasteiger partial charge is 0.391 e. The van der Waals surface area contributed by atoms with E-state index in [1.54, 1.807) is 4.90 Å². The van der Waals surface area contributed by atoms with E-state index in [0.717, 1.165) is 57.5 Å². The average Bonchev–Trinajstić information content (AvgIpc) is 3.58. The molecule has 4 rings (SSSR count). The van der Waals surface area contributed by atoms with E-state index < -0.39 is 11.6 Å². The highest BCUT2D eigenvalue weighted by Gasteiger charge is 2.51. The van der Waals surface area contributed by atoms with Crippen molar-refractivity contribution in [3.05, 3.63) is 41.5 Å². The Morgan fingerprint density at radius 3 is 2.62 bits per heavy atom. The van der Waals surface area contributed by atoms with E-state index in [1.165, 1.54) is 18.2 Å². The summed E-state index contributed by atoms with van der Waals surface area (Å²) in [6.07, 6.45) is 7.03. The molecule has 1 aromatic rings. The van der Waals surface area contributed by atoms with Gasteiger partial charge in [-0.2, -0.15) is 0 Å². The topological polar surface area (TPSA) is 64.1 Å². The quantitative estimate of drug-likeness (QED) is 0.680. The third-order valence-electron chi connectivity index (χ3n) is 7.12. The van der Waals surface area contributed by atoms with Crippen molar-refractivity contribution in [2.24, 2.45) is 5.41 Å². The first-order valence-corrected chi connectivity index (χ1v) is 11.5. The van der Waals surface area contributed by atoms with Crippen LogP contribution in [0.25, 0.3) is 6.08 Å². The first-order chi connectivity index (χ1) is 15.4. The Bertz CT molecular complexity index is 887. The molecule has 1 saturated carbocycles. The van der Waals surface area contributed by atoms with E-state index in [-0.39, 0.29) is 29.8 Å². The molecule has 1 aromatic carbocycles. The van der Waals surface area contributed by atoms with E-state index in [1.807, 2.05) is 4.90 Å². The zero-order valence-corrected chi connectivity index (χ0v) is 18.3. The standard InChI is InChI=1S/C24H31F2N3O3/c25-19-4-2-18(16-20(19)26)3-5-22(31)29-12-6-23(32)28(14-15-29)11-1-10-27-13-9-24(7-8-24)21(30)17-27/h2-5,16,21,30H,1,6-15,17H2/b5-3+. The molecule has 0 bridgehead atoms. The van der Waals surface area contributed by atoms with Gasteiger partial charge in [0.1, 0.15) is 0 Å². The molecule has 2 saturated heterocycles. The third-order valence-corrected chi connectivity index (χ3v) is 7.12. The minimum atomic E-state index is -0.957. The number of β-amino-alcohol motifs (C(OH)–C–C–N with tert-alkyl or cyclic N) is 1. The molecule has 2 amide bonds. The zero-order valence-electron chi connectivity index (χ0n) is 18.3. The lowest BCUT2D eigenvalue weighted by atomic mass is 9.90. The Kier molecular flexibility index (Phi) is 6.90. The van der Waals surface area contributed by atoms with Crippen molar-refractivity contribution in [1.82, 2.24) is 14.7 Å². The van der Waals surface area contributed by atoms with Crippen molar-refractivity contribution in [2.45, 2.75) is 38.2 Å². The zero-order chi connectivity index (χ0) is 22.7. The van der Waals surface area contributed by atoms with Gasteiger partial charge in [0.05, 0.1) is 6.10 Å². The monoisotopic (exact) mass is 447 g/mol. The highest BCUT2D eigenvalue weighted by atomic mass is 19.2. The molecule has 32 heavy (non-hydrogen) atoms. The fraction of sp³-hybridized carbons (Fsp3) is 0.583. The van der Waals surface area contributed by atoms with Crippen molar-refractivity contribution in [1.29, 1.82) is 0 Å². The van der Waals surface area contributed by atoms with Gasteiger partial charge in [0, 0.05) is 45.2 Å². The molecule has 3 fully saturated rings. The van der Waals surface area contributed by atoms with E-state index in [0.29, 0.717) is 31.7 Å². The van der Waals surface area contributed by atoms with Crippen LogP contribution in [0.4, 0.5) is 8.78 Å². The molecule has 6 nitrogen and oxygen atoms in total. The maximum Gasteiger partial charge on any atom is 0.246 e. The first-order valence-electron chi connectivity index (χ1n) is 11.5. The predicted octanol–water partition coefficient (Wildman–Crippen LogP) is 2.28. The van der Waals surface area contributed by atoms with Gasteiger partial charge in [-0.3, -0.25) is 9.59 Å². The van der Waals surface area contributed by atoms with Gasteiger partial charge in [-0.05, 0) is 68.0 Å². The average molecular weight is 448 g/mol. The molecule has 2 aliphatic heterocycles. The second-order valence-corrected chi connectivity index (χ2v) is 9.25. The fourth-order valence-electron chi connectivity index (χ4n) is 4.72. The number of hydrogen-bond donors (Lipinski definition) is 1. The lowest BCUT2D eigenvalue weighted by Gasteiger charge is -2.36. The van der Waals surface area contributed by atoms with Crippen LogP contribution in [0, 0.1) is 17.0 Å². The van der Waals surface area contributed by atoms with Gasteiger partial charge >= 0.3 is 0 Å². The second-order valence-electron chi connectivity index (χ2n) is 9.25. The Morgan fingerprint density at radius 1 is 1.09 bits per heavy atom. The van der Waals surface area contributed by atoms with E-state index in [2.05, 4.69) is 4.90 Å². The molecule has 2 heterocycles. The Morgan fingerprint density at radius 2 is 1.91 bits per heavy atom. The number of carbonyl (C=O) groups excluding carboxylic acids is 2. The van der Waals surface area contributed by atoms with Crippen molar-refractivity contribution < 1.29 is 23.5 Å². The third kappa shape index (κ3) is 5.35. The predicted molar refractivity (Wildman–Crippen MR) is 117 cm³/mol. The summed E-state index contributed by atoms with van der Waals surface area (Å²) in [5.74, 6) is -2.09. The van der Waals surface area contributed by atoms with Crippen LogP contribution in [0.2, 0.25) is 0 Å². The number of aliphatic hydroxyl groups excluding tert-OH is 1. The van der Waals surface area contributed by atoms with Crippen molar-refractivity contribution >= 4 is 17.9 Å². The van der Waals surface area contributed by atoms with Crippen molar-refractivity contribution in [3.63, 3.8) is 0 Å². The molecular weight excluding hydrogens is 416 g/mol. The molecule has 1 aliphatic carbocycles. The minimum Gasteiger partial charge on any atom is -0.391 e. The van der Waals surface area contributed by atoms with Crippen LogP contribution in [0.15, 0.2) is 24.3 Å².